The normalized spacial score (nSPS) is 16.6. The molecular weight excluding hydrogens is 304 g/mol. The minimum atomic E-state index is 0.528. The van der Waals surface area contributed by atoms with Crippen LogP contribution in [0.3, 0.4) is 0 Å². The van der Waals surface area contributed by atoms with Crippen LogP contribution in [0.25, 0.3) is 0 Å². The summed E-state index contributed by atoms with van der Waals surface area (Å²) in [5, 5.41) is 3.30. The summed E-state index contributed by atoms with van der Waals surface area (Å²) < 4.78 is 5.25. The van der Waals surface area contributed by atoms with E-state index in [9.17, 15) is 0 Å². The van der Waals surface area contributed by atoms with Gasteiger partial charge in [-0.25, -0.2) is 4.98 Å². The van der Waals surface area contributed by atoms with Gasteiger partial charge in [-0.1, -0.05) is 0 Å². The molecule has 2 rings (SSSR count). The van der Waals surface area contributed by atoms with E-state index in [4.69, 9.17) is 16.3 Å². The van der Waals surface area contributed by atoms with Crippen molar-refractivity contribution in [3.8, 4) is 0 Å². The molecule has 1 atom stereocenters. The third kappa shape index (κ3) is 5.85. The monoisotopic (exact) mass is 330 g/mol. The van der Waals surface area contributed by atoms with E-state index in [2.05, 4.69) is 22.2 Å². The fourth-order valence-electron chi connectivity index (χ4n) is 2.72. The van der Waals surface area contributed by atoms with Crippen LogP contribution in [0.2, 0.25) is 0 Å². The van der Waals surface area contributed by atoms with Gasteiger partial charge in [-0.3, -0.25) is 4.90 Å². The van der Waals surface area contributed by atoms with Crippen molar-refractivity contribution in [1.82, 2.24) is 9.88 Å². The molecule has 0 aromatic carbocycles. The minimum absolute atomic E-state index is 0.528. The van der Waals surface area contributed by atoms with Gasteiger partial charge in [-0.05, 0) is 51.5 Å². The lowest BCUT2D eigenvalue weighted by Gasteiger charge is -2.29. The molecule has 0 aliphatic heterocycles. The standard InChI is InChI=1S/C16H27ClN2OS/c1-13(14-6-7-14)19(9-10-20-2)8-4-3-5-16-18-15(11-17)12-21-16/h12-14H,3-11H2,1-2H3. The number of aryl methyl sites for hydroxylation is 1. The van der Waals surface area contributed by atoms with Gasteiger partial charge in [-0.15, -0.1) is 22.9 Å². The summed E-state index contributed by atoms with van der Waals surface area (Å²) in [6.07, 6.45) is 6.33. The highest BCUT2D eigenvalue weighted by molar-refractivity contribution is 7.09. The Labute approximate surface area is 137 Å². The van der Waals surface area contributed by atoms with Crippen LogP contribution in [0.5, 0.6) is 0 Å². The second-order valence-electron chi connectivity index (χ2n) is 5.93. The summed E-state index contributed by atoms with van der Waals surface area (Å²) in [4.78, 5) is 7.13. The highest BCUT2D eigenvalue weighted by Crippen LogP contribution is 2.35. The molecule has 0 saturated heterocycles. The van der Waals surface area contributed by atoms with Crippen molar-refractivity contribution in [2.45, 2.75) is 50.9 Å². The number of hydrogen-bond acceptors (Lipinski definition) is 4. The van der Waals surface area contributed by atoms with Crippen molar-refractivity contribution in [2.24, 2.45) is 5.92 Å². The molecule has 0 amide bonds. The van der Waals surface area contributed by atoms with Gasteiger partial charge >= 0.3 is 0 Å². The lowest BCUT2D eigenvalue weighted by molar-refractivity contribution is 0.115. The van der Waals surface area contributed by atoms with E-state index in [0.717, 1.165) is 31.2 Å². The number of ether oxygens (including phenoxy) is 1. The van der Waals surface area contributed by atoms with Crippen LogP contribution in [0.15, 0.2) is 5.38 Å². The first-order valence-corrected chi connectivity index (χ1v) is 9.38. The van der Waals surface area contributed by atoms with Gasteiger partial charge in [0.25, 0.3) is 0 Å². The number of nitrogens with zero attached hydrogens (tertiary/aromatic N) is 2. The zero-order chi connectivity index (χ0) is 15.1. The van der Waals surface area contributed by atoms with Crippen LogP contribution >= 0.6 is 22.9 Å². The number of hydrogen-bond donors (Lipinski definition) is 0. The maximum absolute atomic E-state index is 5.79. The summed E-state index contributed by atoms with van der Waals surface area (Å²) >= 11 is 7.53. The molecule has 1 aromatic rings. The summed E-state index contributed by atoms with van der Waals surface area (Å²) in [5.74, 6) is 1.45. The van der Waals surface area contributed by atoms with Crippen molar-refractivity contribution in [3.05, 3.63) is 16.1 Å². The Hall–Kier alpha value is -0.160. The van der Waals surface area contributed by atoms with Gasteiger partial charge in [0.1, 0.15) is 0 Å². The Bertz CT molecular complexity index is 409. The van der Waals surface area contributed by atoms with E-state index in [1.807, 2.05) is 0 Å². The van der Waals surface area contributed by atoms with Crippen LogP contribution < -0.4 is 0 Å². The molecule has 0 N–H and O–H groups in total. The molecule has 1 unspecified atom stereocenters. The highest BCUT2D eigenvalue weighted by Gasteiger charge is 2.31. The van der Waals surface area contributed by atoms with E-state index in [1.165, 1.54) is 37.2 Å². The van der Waals surface area contributed by atoms with Gasteiger partial charge in [-0.2, -0.15) is 0 Å². The number of aromatic nitrogens is 1. The number of halogens is 1. The van der Waals surface area contributed by atoms with Crippen LogP contribution in [0.1, 0.15) is 43.3 Å². The van der Waals surface area contributed by atoms with Crippen molar-refractivity contribution in [2.75, 3.05) is 26.8 Å². The zero-order valence-electron chi connectivity index (χ0n) is 13.2. The average Bonchev–Trinajstić information content (AvgIpc) is 3.25. The van der Waals surface area contributed by atoms with Crippen molar-refractivity contribution < 1.29 is 4.74 Å². The number of rotatable bonds is 11. The Kier molecular flexibility index (Phi) is 7.44. The number of thiazole rings is 1. The SMILES string of the molecule is COCCN(CCCCc1nc(CCl)cs1)C(C)C1CC1. The van der Waals surface area contributed by atoms with E-state index in [1.54, 1.807) is 18.4 Å². The molecule has 120 valence electrons. The largest absolute Gasteiger partial charge is 0.383 e. The summed E-state index contributed by atoms with van der Waals surface area (Å²) in [5.41, 5.74) is 1.01. The van der Waals surface area contributed by atoms with E-state index in [0.29, 0.717) is 11.9 Å². The molecule has 1 aliphatic rings. The molecule has 0 radical (unpaired) electrons. The predicted octanol–water partition coefficient (Wildman–Crippen LogP) is 3.95. The van der Waals surface area contributed by atoms with E-state index >= 15 is 0 Å². The van der Waals surface area contributed by atoms with E-state index in [-0.39, 0.29) is 0 Å². The van der Waals surface area contributed by atoms with Gasteiger partial charge in [0.2, 0.25) is 0 Å². The second kappa shape index (κ2) is 9.09. The fraction of sp³-hybridized carbons (Fsp3) is 0.812. The molecule has 1 saturated carbocycles. The maximum Gasteiger partial charge on any atom is 0.0928 e. The zero-order valence-corrected chi connectivity index (χ0v) is 14.8. The van der Waals surface area contributed by atoms with E-state index < -0.39 is 0 Å². The quantitative estimate of drug-likeness (QED) is 0.454. The molecule has 5 heteroatoms. The summed E-state index contributed by atoms with van der Waals surface area (Å²) in [6, 6.07) is 0.711. The molecular formula is C16H27ClN2OS. The molecule has 0 spiro atoms. The Morgan fingerprint density at radius 2 is 2.24 bits per heavy atom. The number of alkyl halides is 1. The Balaban J connectivity index is 1.68. The Morgan fingerprint density at radius 1 is 1.43 bits per heavy atom. The van der Waals surface area contributed by atoms with Crippen LogP contribution in [-0.2, 0) is 17.0 Å². The fourth-order valence-corrected chi connectivity index (χ4v) is 3.79. The smallest absolute Gasteiger partial charge is 0.0928 e. The topological polar surface area (TPSA) is 25.4 Å². The van der Waals surface area contributed by atoms with Gasteiger partial charge < -0.3 is 4.74 Å². The average molecular weight is 331 g/mol. The van der Waals surface area contributed by atoms with Crippen molar-refractivity contribution in [1.29, 1.82) is 0 Å². The van der Waals surface area contributed by atoms with Crippen molar-refractivity contribution in [3.63, 3.8) is 0 Å². The third-order valence-corrected chi connectivity index (χ3v) is 5.52. The highest BCUT2D eigenvalue weighted by atomic mass is 35.5. The molecule has 3 nitrogen and oxygen atoms in total. The minimum Gasteiger partial charge on any atom is -0.383 e. The lowest BCUT2D eigenvalue weighted by atomic mass is 10.1. The van der Waals surface area contributed by atoms with Gasteiger partial charge in [0.15, 0.2) is 0 Å². The first-order chi connectivity index (χ1) is 10.2. The Morgan fingerprint density at radius 3 is 2.86 bits per heavy atom. The molecule has 0 bridgehead atoms. The predicted molar refractivity (Wildman–Crippen MR) is 90.2 cm³/mol. The summed E-state index contributed by atoms with van der Waals surface area (Å²) in [7, 11) is 1.79. The molecule has 1 aliphatic carbocycles. The number of methoxy groups -OCH3 is 1. The van der Waals surface area contributed by atoms with Gasteiger partial charge in [0.05, 0.1) is 23.2 Å². The first kappa shape index (κ1) is 17.2. The van der Waals surface area contributed by atoms with Gasteiger partial charge in [0, 0.05) is 25.1 Å². The van der Waals surface area contributed by atoms with Crippen LogP contribution in [-0.4, -0.2) is 42.7 Å². The number of unbranched alkanes of at least 4 members (excludes halogenated alkanes) is 1. The molecule has 21 heavy (non-hydrogen) atoms. The first-order valence-electron chi connectivity index (χ1n) is 7.96. The second-order valence-corrected chi connectivity index (χ2v) is 7.14. The molecule has 1 aromatic heterocycles. The maximum atomic E-state index is 5.79. The summed E-state index contributed by atoms with van der Waals surface area (Å²) in [6.45, 7) is 5.44. The lowest BCUT2D eigenvalue weighted by Crippen LogP contribution is -2.37. The van der Waals surface area contributed by atoms with Crippen LogP contribution in [0, 0.1) is 5.92 Å². The molecule has 1 fully saturated rings. The van der Waals surface area contributed by atoms with Crippen molar-refractivity contribution >= 4 is 22.9 Å². The third-order valence-electron chi connectivity index (χ3n) is 4.29. The molecule has 1 heterocycles. The van der Waals surface area contributed by atoms with Crippen LogP contribution in [0.4, 0.5) is 0 Å².